The third kappa shape index (κ3) is 2.54. The molecule has 178 valence electrons. The third-order valence-corrected chi connectivity index (χ3v) is 9.20. The molecule has 2 heterocycles. The van der Waals surface area contributed by atoms with Crippen molar-refractivity contribution in [1.29, 1.82) is 0 Å². The number of fused-ring (bicyclic) bond motifs is 4. The topological polar surface area (TPSA) is 138 Å². The lowest BCUT2D eigenvalue weighted by Gasteiger charge is -2.50. The van der Waals surface area contributed by atoms with Gasteiger partial charge in [-0.25, -0.2) is 4.79 Å². The molecular weight excluding hydrogens is 485 g/mol. The second-order valence-corrected chi connectivity index (χ2v) is 10.6. The molecule has 1 aromatic carbocycles. The molecule has 6 atom stereocenters. The van der Waals surface area contributed by atoms with Crippen molar-refractivity contribution in [3.8, 4) is 5.75 Å². The smallest absolute Gasteiger partial charge is 0.328 e. The molecule has 6 amide bonds. The summed E-state index contributed by atoms with van der Waals surface area (Å²) < 4.78 is 0. The highest BCUT2D eigenvalue weighted by atomic mass is 35.5. The molecule has 3 fully saturated rings. The molecule has 34 heavy (non-hydrogen) atoms. The maximum Gasteiger partial charge on any atom is 0.328 e. The lowest BCUT2D eigenvalue weighted by molar-refractivity contribution is -0.139. The Morgan fingerprint density at radius 1 is 1.12 bits per heavy atom. The van der Waals surface area contributed by atoms with Gasteiger partial charge in [-0.3, -0.25) is 24.1 Å². The van der Waals surface area contributed by atoms with E-state index in [0.717, 1.165) is 4.90 Å². The number of primary amides is 1. The van der Waals surface area contributed by atoms with Crippen molar-refractivity contribution in [2.24, 2.45) is 23.5 Å². The van der Waals surface area contributed by atoms with Crippen molar-refractivity contribution in [3.05, 3.63) is 41.0 Å². The Morgan fingerprint density at radius 2 is 1.79 bits per heavy atom. The Balaban J connectivity index is 1.74. The molecular formula is C23H21Cl2N3O6. The molecule has 3 N–H and O–H groups in total. The minimum Gasteiger partial charge on any atom is -0.508 e. The van der Waals surface area contributed by atoms with E-state index in [-0.39, 0.29) is 18.6 Å². The molecule has 0 unspecified atom stereocenters. The number of nitrogens with two attached hydrogens (primary N) is 1. The first-order valence-electron chi connectivity index (χ1n) is 10.7. The number of aryl methyl sites for hydroxylation is 1. The van der Waals surface area contributed by atoms with Gasteiger partial charge in [0.1, 0.15) is 5.75 Å². The highest BCUT2D eigenvalue weighted by Crippen LogP contribution is 2.65. The maximum atomic E-state index is 13.4. The highest BCUT2D eigenvalue weighted by molar-refractivity contribution is 6.53. The number of allylic oxidation sites excluding steroid dienone is 2. The van der Waals surface area contributed by atoms with Gasteiger partial charge in [-0.2, -0.15) is 4.90 Å². The fourth-order valence-electron chi connectivity index (χ4n) is 6.19. The number of hydrogen-bond donors (Lipinski definition) is 2. The first-order chi connectivity index (χ1) is 15.9. The molecule has 1 saturated carbocycles. The van der Waals surface area contributed by atoms with Crippen LogP contribution >= 0.6 is 23.2 Å². The van der Waals surface area contributed by atoms with Crippen molar-refractivity contribution in [3.63, 3.8) is 0 Å². The van der Waals surface area contributed by atoms with Gasteiger partial charge in [-0.15, -0.1) is 23.2 Å². The summed E-state index contributed by atoms with van der Waals surface area (Å²) in [5, 5.41) is 10.0. The number of nitrogens with zero attached hydrogens (tertiary/aromatic N) is 2. The lowest BCUT2D eigenvalue weighted by Crippen LogP contribution is -2.60. The normalized spacial score (nSPS) is 36.9. The fraction of sp³-hybridized carbons (Fsp3) is 0.435. The zero-order chi connectivity index (χ0) is 24.9. The largest absolute Gasteiger partial charge is 0.508 e. The number of urea groups is 1. The highest BCUT2D eigenvalue weighted by Gasteiger charge is 2.76. The summed E-state index contributed by atoms with van der Waals surface area (Å²) in [5.74, 6) is -6.20. The van der Waals surface area contributed by atoms with Crippen LogP contribution in [0, 0.1) is 24.7 Å². The summed E-state index contributed by atoms with van der Waals surface area (Å²) in [5.41, 5.74) is 6.94. The second kappa shape index (κ2) is 7.05. The lowest BCUT2D eigenvalue weighted by atomic mass is 9.56. The standard InChI is InChI=1S/C23H21Cl2N3O6/c1-9-7-10(3-6-14(9)29)16-11-4-5-12-15(18(31)28(17(12)30)21(26)34)13(11)8-22(24)19(32)27(2)20(33)23(16,22)25/h3-4,6-7,12-13,15-16,29H,5,8H2,1-2H3,(H2,26,34)/t12-,13+,15-,16-,22+,23-/m0/s1. The molecule has 1 aromatic rings. The number of aromatic hydroxyl groups is 1. The second-order valence-electron chi connectivity index (χ2n) is 9.39. The zero-order valence-corrected chi connectivity index (χ0v) is 19.8. The van der Waals surface area contributed by atoms with Crippen LogP contribution in [0.5, 0.6) is 5.75 Å². The van der Waals surface area contributed by atoms with Crippen LogP contribution in [0.25, 0.3) is 0 Å². The first kappa shape index (κ1) is 22.9. The molecule has 0 bridgehead atoms. The van der Waals surface area contributed by atoms with Gasteiger partial charge in [0, 0.05) is 13.0 Å². The molecule has 2 aliphatic heterocycles. The van der Waals surface area contributed by atoms with Gasteiger partial charge in [0.05, 0.1) is 11.8 Å². The van der Waals surface area contributed by atoms with E-state index in [0.29, 0.717) is 21.6 Å². The number of amides is 6. The number of halogens is 2. The van der Waals surface area contributed by atoms with Crippen LogP contribution in [0.15, 0.2) is 29.8 Å². The van der Waals surface area contributed by atoms with E-state index in [1.165, 1.54) is 13.1 Å². The number of rotatable bonds is 1. The Kier molecular flexibility index (Phi) is 4.74. The maximum absolute atomic E-state index is 13.4. The van der Waals surface area contributed by atoms with Gasteiger partial charge in [-0.05, 0) is 42.9 Å². The number of carbonyl (C=O) groups excluding carboxylic acids is 5. The number of imide groups is 4. The van der Waals surface area contributed by atoms with Gasteiger partial charge in [0.25, 0.3) is 11.8 Å². The van der Waals surface area contributed by atoms with Crippen LogP contribution in [0.2, 0.25) is 0 Å². The predicted molar refractivity (Wildman–Crippen MR) is 120 cm³/mol. The van der Waals surface area contributed by atoms with Gasteiger partial charge in [-0.1, -0.05) is 23.8 Å². The Bertz CT molecular complexity index is 1250. The Morgan fingerprint density at radius 3 is 2.41 bits per heavy atom. The molecule has 0 aromatic heterocycles. The number of hydrogen-bond acceptors (Lipinski definition) is 6. The number of alkyl halides is 2. The Hall–Kier alpha value is -2.91. The average molecular weight is 506 g/mol. The van der Waals surface area contributed by atoms with E-state index in [1.54, 1.807) is 25.1 Å². The number of phenolic OH excluding ortho intramolecular Hbond substituents is 1. The number of benzene rings is 1. The summed E-state index contributed by atoms with van der Waals surface area (Å²) in [6.07, 6.45) is 1.73. The monoisotopic (exact) mass is 505 g/mol. The van der Waals surface area contributed by atoms with Gasteiger partial charge < -0.3 is 10.8 Å². The van der Waals surface area contributed by atoms with Crippen LogP contribution in [-0.2, 0) is 19.2 Å². The Labute approximate surface area is 204 Å². The predicted octanol–water partition coefficient (Wildman–Crippen LogP) is 1.77. The van der Waals surface area contributed by atoms with Gasteiger partial charge >= 0.3 is 6.03 Å². The van der Waals surface area contributed by atoms with Crippen molar-refractivity contribution in [2.45, 2.75) is 35.4 Å². The minimum absolute atomic E-state index is 0.0363. The number of phenols is 1. The van der Waals surface area contributed by atoms with E-state index in [1.807, 2.05) is 0 Å². The SMILES string of the molecule is Cc1cc([C@H]2C3=CC[C@@H]4C(=O)N(C(N)=O)C(=O)[C@@H]4[C@@H]3C[C@@]3(Cl)C(=O)N(C)C(=O)[C@@]23Cl)ccc1O. The van der Waals surface area contributed by atoms with Gasteiger partial charge in [0.2, 0.25) is 11.8 Å². The van der Waals surface area contributed by atoms with Crippen molar-refractivity contribution >= 4 is 52.9 Å². The molecule has 0 radical (unpaired) electrons. The number of likely N-dealkylation sites (tertiary alicyclic amines) is 2. The minimum atomic E-state index is -1.90. The molecule has 5 rings (SSSR count). The third-order valence-electron chi connectivity index (χ3n) is 7.79. The van der Waals surface area contributed by atoms with E-state index in [2.05, 4.69) is 0 Å². The van der Waals surface area contributed by atoms with Gasteiger partial charge in [0.15, 0.2) is 9.75 Å². The van der Waals surface area contributed by atoms with Crippen LogP contribution in [0.3, 0.4) is 0 Å². The average Bonchev–Trinajstić information content (AvgIpc) is 3.11. The quantitative estimate of drug-likeness (QED) is 0.338. The summed E-state index contributed by atoms with van der Waals surface area (Å²) in [4.78, 5) is 62.0. The first-order valence-corrected chi connectivity index (χ1v) is 11.5. The van der Waals surface area contributed by atoms with Crippen LogP contribution in [0.4, 0.5) is 4.79 Å². The van der Waals surface area contributed by atoms with Crippen LogP contribution < -0.4 is 5.73 Å². The molecule has 9 nitrogen and oxygen atoms in total. The molecule has 4 aliphatic rings. The molecule has 2 saturated heterocycles. The van der Waals surface area contributed by atoms with E-state index in [4.69, 9.17) is 28.9 Å². The van der Waals surface area contributed by atoms with E-state index < -0.39 is 63.1 Å². The van der Waals surface area contributed by atoms with Crippen molar-refractivity contribution in [2.75, 3.05) is 7.05 Å². The summed E-state index contributed by atoms with van der Waals surface area (Å²) >= 11 is 14.0. The van der Waals surface area contributed by atoms with Crippen molar-refractivity contribution < 1.29 is 29.1 Å². The zero-order valence-electron chi connectivity index (χ0n) is 18.2. The molecule has 0 spiro atoms. The van der Waals surface area contributed by atoms with E-state index >= 15 is 0 Å². The van der Waals surface area contributed by atoms with Crippen LogP contribution in [-0.4, -0.2) is 61.4 Å². The van der Waals surface area contributed by atoms with Crippen molar-refractivity contribution in [1.82, 2.24) is 9.80 Å². The fourth-order valence-corrected chi connectivity index (χ4v) is 7.21. The summed E-state index contributed by atoms with van der Waals surface area (Å²) in [7, 11) is 1.30. The van der Waals surface area contributed by atoms with E-state index in [9.17, 15) is 29.1 Å². The summed E-state index contributed by atoms with van der Waals surface area (Å²) in [6, 6.07) is 3.55. The number of carbonyl (C=O) groups is 5. The molecule has 2 aliphatic carbocycles. The summed E-state index contributed by atoms with van der Waals surface area (Å²) in [6.45, 7) is 1.68. The molecule has 11 heteroatoms. The van der Waals surface area contributed by atoms with Crippen LogP contribution in [0.1, 0.15) is 29.9 Å².